The molecule has 1 aromatic carbocycles. The van der Waals surface area contributed by atoms with Gasteiger partial charge in [-0.15, -0.1) is 0 Å². The van der Waals surface area contributed by atoms with Gasteiger partial charge in [0.15, 0.2) is 5.71 Å². The Morgan fingerprint density at radius 3 is 1.92 bits per heavy atom. The van der Waals surface area contributed by atoms with Crippen LogP contribution in [0.5, 0.6) is 0 Å². The number of anilines is 1. The van der Waals surface area contributed by atoms with Gasteiger partial charge in [-0.05, 0) is 24.0 Å². The fraction of sp³-hybridized carbons (Fsp3) is 0.500. The maximum atomic E-state index is 13.9. The number of hydrogen-bond donors (Lipinski definition) is 2. The van der Waals surface area contributed by atoms with Gasteiger partial charge in [0.05, 0.1) is 26.9 Å². The Labute approximate surface area is 209 Å². The maximum Gasteiger partial charge on any atom is 0.451 e. The molecule has 0 saturated carbocycles. The van der Waals surface area contributed by atoms with Crippen LogP contribution in [-0.4, -0.2) is 36.6 Å². The van der Waals surface area contributed by atoms with Crippen LogP contribution >= 0.6 is 23.2 Å². The fourth-order valence-electron chi connectivity index (χ4n) is 3.36. The first kappa shape index (κ1) is 28.4. The Morgan fingerprint density at radius 2 is 1.47 bits per heavy atom. The number of halogens is 11. The first-order valence-electron chi connectivity index (χ1n) is 10.1. The predicted octanol–water partition coefficient (Wildman–Crippen LogP) is 6.88. The number of fused-ring (bicyclic) bond motifs is 1. The highest BCUT2D eigenvalue weighted by Crippen LogP contribution is 2.44. The van der Waals surface area contributed by atoms with Crippen LogP contribution in [0.4, 0.5) is 45.2 Å². The van der Waals surface area contributed by atoms with Gasteiger partial charge in [0.25, 0.3) is 0 Å². The molecule has 2 aliphatic heterocycles. The van der Waals surface area contributed by atoms with Crippen molar-refractivity contribution >= 4 is 40.4 Å². The third kappa shape index (κ3) is 6.02. The maximum absolute atomic E-state index is 13.9. The van der Waals surface area contributed by atoms with Crippen LogP contribution in [-0.2, 0) is 6.18 Å². The average molecular weight is 570 g/mol. The van der Waals surface area contributed by atoms with Gasteiger partial charge < -0.3 is 5.32 Å². The highest BCUT2D eigenvalue weighted by molar-refractivity contribution is 6.39. The molecule has 1 atom stereocenters. The minimum Gasteiger partial charge on any atom is -0.370 e. The molecular formula is C20H18Cl2F9N5. The lowest BCUT2D eigenvalue weighted by Gasteiger charge is -2.27. The molecule has 0 amide bonds. The number of alkyl halides is 9. The normalized spacial score (nSPS) is 19.4. The van der Waals surface area contributed by atoms with E-state index in [1.165, 1.54) is 0 Å². The second-order valence-electron chi connectivity index (χ2n) is 9.06. The van der Waals surface area contributed by atoms with Gasteiger partial charge in [0, 0.05) is 6.54 Å². The number of benzene rings is 1. The molecule has 0 aliphatic carbocycles. The highest BCUT2D eigenvalue weighted by Gasteiger charge is 2.52. The summed E-state index contributed by atoms with van der Waals surface area (Å²) in [7, 11) is 0. The molecule has 2 heterocycles. The summed E-state index contributed by atoms with van der Waals surface area (Å²) in [6.45, 7) is 5.55. The fourth-order valence-corrected chi connectivity index (χ4v) is 4.01. The number of hydrogen-bond acceptors (Lipinski definition) is 5. The summed E-state index contributed by atoms with van der Waals surface area (Å²) in [6.07, 6.45) is -17.0. The molecule has 200 valence electrons. The van der Waals surface area contributed by atoms with E-state index in [2.05, 4.69) is 20.7 Å². The minimum absolute atomic E-state index is 0.0318. The predicted molar refractivity (Wildman–Crippen MR) is 117 cm³/mol. The number of nitrogens with one attached hydrogen (secondary N) is 2. The lowest BCUT2D eigenvalue weighted by Crippen LogP contribution is -2.43. The Balaban J connectivity index is 2.20. The molecule has 2 N–H and O–H groups in total. The van der Waals surface area contributed by atoms with E-state index in [0.29, 0.717) is 18.6 Å². The molecule has 2 aliphatic rings. The van der Waals surface area contributed by atoms with Crippen LogP contribution in [0.25, 0.3) is 0 Å². The van der Waals surface area contributed by atoms with Gasteiger partial charge in [-0.1, -0.05) is 44.0 Å². The van der Waals surface area contributed by atoms with Gasteiger partial charge in [0.2, 0.25) is 5.84 Å². The second kappa shape index (κ2) is 9.28. The van der Waals surface area contributed by atoms with Crippen molar-refractivity contribution < 1.29 is 39.5 Å². The van der Waals surface area contributed by atoms with Crippen LogP contribution in [0.2, 0.25) is 10.0 Å². The summed E-state index contributed by atoms with van der Waals surface area (Å²) in [4.78, 5) is 6.00. The van der Waals surface area contributed by atoms with E-state index in [1.54, 1.807) is 0 Å². The van der Waals surface area contributed by atoms with E-state index in [0.717, 1.165) is 5.01 Å². The molecular weight excluding hydrogens is 552 g/mol. The van der Waals surface area contributed by atoms with Crippen molar-refractivity contribution in [3.8, 4) is 0 Å². The number of rotatable bonds is 4. The largest absolute Gasteiger partial charge is 0.451 e. The zero-order chi connectivity index (χ0) is 27.4. The number of aliphatic imine (C=N–C) groups is 2. The standard InChI is InChI=1S/C20H18Cl2F9N5/c1-17(2,3)4-5-32-15-11-13(19(26,27)28)33-16(20(29,30)31)34-14(11)35-36(15)12-9(21)6-8(7-10(12)22)18(23,24)25/h6-7,14,32,35H,4-5H2,1-3H3. The third-order valence-corrected chi connectivity index (χ3v) is 5.56. The zero-order valence-electron chi connectivity index (χ0n) is 18.6. The van der Waals surface area contributed by atoms with Gasteiger partial charge in [-0.25, -0.2) is 9.98 Å². The minimum atomic E-state index is -5.33. The van der Waals surface area contributed by atoms with E-state index in [9.17, 15) is 39.5 Å². The average Bonchev–Trinajstić information content (AvgIpc) is 3.01. The Kier molecular flexibility index (Phi) is 7.32. The molecule has 0 saturated heterocycles. The van der Waals surface area contributed by atoms with E-state index in [-0.39, 0.29) is 12.0 Å². The quantitative estimate of drug-likeness (QED) is 0.389. The molecule has 0 radical (unpaired) electrons. The molecule has 0 bridgehead atoms. The lowest BCUT2D eigenvalue weighted by molar-refractivity contribution is -0.137. The number of nitrogens with zero attached hydrogens (tertiary/aromatic N) is 3. The van der Waals surface area contributed by atoms with Crippen LogP contribution in [0.15, 0.2) is 33.5 Å². The van der Waals surface area contributed by atoms with Crippen molar-refractivity contribution in [2.24, 2.45) is 15.4 Å². The van der Waals surface area contributed by atoms with Gasteiger partial charge in [0.1, 0.15) is 12.0 Å². The van der Waals surface area contributed by atoms with Crippen molar-refractivity contribution in [2.75, 3.05) is 11.6 Å². The molecule has 5 nitrogen and oxygen atoms in total. The topological polar surface area (TPSA) is 52.0 Å². The van der Waals surface area contributed by atoms with E-state index in [1.807, 2.05) is 20.8 Å². The van der Waals surface area contributed by atoms with Crippen molar-refractivity contribution in [1.29, 1.82) is 0 Å². The molecule has 0 spiro atoms. The summed E-state index contributed by atoms with van der Waals surface area (Å²) in [6, 6.07) is 0.986. The van der Waals surface area contributed by atoms with Crippen LogP contribution < -0.4 is 15.8 Å². The Hall–Kier alpha value is -2.19. The monoisotopic (exact) mass is 569 g/mol. The molecule has 0 fully saturated rings. The van der Waals surface area contributed by atoms with E-state index < -0.39 is 68.9 Å². The van der Waals surface area contributed by atoms with Crippen molar-refractivity contribution in [1.82, 2.24) is 10.7 Å². The zero-order valence-corrected chi connectivity index (χ0v) is 20.2. The lowest BCUT2D eigenvalue weighted by atomic mass is 9.92. The summed E-state index contributed by atoms with van der Waals surface area (Å²) >= 11 is 12.1. The summed E-state index contributed by atoms with van der Waals surface area (Å²) in [5, 5.41) is 2.23. The van der Waals surface area contributed by atoms with E-state index >= 15 is 0 Å². The van der Waals surface area contributed by atoms with Crippen LogP contribution in [0.1, 0.15) is 32.8 Å². The first-order valence-corrected chi connectivity index (χ1v) is 10.9. The number of hydrazine groups is 1. The molecule has 16 heteroatoms. The first-order chi connectivity index (χ1) is 16.2. The van der Waals surface area contributed by atoms with Crippen LogP contribution in [0.3, 0.4) is 0 Å². The summed E-state index contributed by atoms with van der Waals surface area (Å²) in [5.74, 6) is -2.48. The van der Waals surface area contributed by atoms with Gasteiger partial charge >= 0.3 is 18.5 Å². The van der Waals surface area contributed by atoms with E-state index in [4.69, 9.17) is 23.2 Å². The molecule has 36 heavy (non-hydrogen) atoms. The smallest absolute Gasteiger partial charge is 0.370 e. The SMILES string of the molecule is CC(C)(C)CCNC1=C2C(C(F)(F)F)=NC(C(F)(F)F)=NC2NN1c1c(Cl)cc(C(F)(F)F)cc1Cl. The van der Waals surface area contributed by atoms with Gasteiger partial charge in [-0.3, -0.25) is 5.01 Å². The van der Waals surface area contributed by atoms with Crippen LogP contribution in [0, 0.1) is 5.41 Å². The van der Waals surface area contributed by atoms with Crippen molar-refractivity contribution in [2.45, 2.75) is 51.9 Å². The highest BCUT2D eigenvalue weighted by atomic mass is 35.5. The Morgan fingerprint density at radius 1 is 0.917 bits per heavy atom. The molecule has 3 rings (SSSR count). The second-order valence-corrected chi connectivity index (χ2v) is 9.88. The summed E-state index contributed by atoms with van der Waals surface area (Å²) in [5.41, 5.74) is -2.29. The van der Waals surface area contributed by atoms with Crippen molar-refractivity contribution in [3.63, 3.8) is 0 Å². The summed E-state index contributed by atoms with van der Waals surface area (Å²) < 4.78 is 121. The molecule has 1 aromatic rings. The van der Waals surface area contributed by atoms with Crippen molar-refractivity contribution in [3.05, 3.63) is 39.1 Å². The molecule has 1 unspecified atom stereocenters. The number of amidine groups is 1. The van der Waals surface area contributed by atoms with Gasteiger partial charge in [-0.2, -0.15) is 44.9 Å². The Bertz CT molecular complexity index is 1110. The molecule has 0 aromatic heterocycles. The third-order valence-electron chi connectivity index (χ3n) is 4.99.